The number of carboxylic acid groups (broad SMARTS) is 1. The number of hydrogen-bond donors (Lipinski definition) is 1. The van der Waals surface area contributed by atoms with E-state index in [1.54, 1.807) is 136 Å². The molecular formula is C48H36Cl2N2O8. The van der Waals surface area contributed by atoms with Crippen LogP contribution in [0.1, 0.15) is 105 Å². The number of carbonyl (C=O) groups excluding carboxylic acids is 5. The van der Waals surface area contributed by atoms with Crippen LogP contribution < -0.4 is 9.80 Å². The second-order valence-electron chi connectivity index (χ2n) is 15.1. The van der Waals surface area contributed by atoms with Gasteiger partial charge < -0.3 is 9.84 Å². The van der Waals surface area contributed by atoms with Crippen molar-refractivity contribution in [2.75, 3.05) is 9.80 Å². The van der Waals surface area contributed by atoms with Crippen LogP contribution in [0, 0.1) is 0 Å². The zero-order valence-corrected chi connectivity index (χ0v) is 34.1. The zero-order valence-electron chi connectivity index (χ0n) is 32.6. The van der Waals surface area contributed by atoms with Crippen molar-refractivity contribution in [2.45, 2.75) is 39.2 Å². The van der Waals surface area contributed by atoms with Gasteiger partial charge >= 0.3 is 11.9 Å². The van der Waals surface area contributed by atoms with E-state index in [9.17, 15) is 33.9 Å². The summed E-state index contributed by atoms with van der Waals surface area (Å²) in [4.78, 5) is 77.9. The summed E-state index contributed by atoms with van der Waals surface area (Å²) < 4.78 is 5.52. The van der Waals surface area contributed by atoms with Crippen LogP contribution in [0.25, 0.3) is 0 Å². The first kappa shape index (κ1) is 41.3. The number of aromatic carboxylic acids is 1. The van der Waals surface area contributed by atoms with Crippen molar-refractivity contribution in [3.8, 4) is 0 Å². The van der Waals surface area contributed by atoms with Gasteiger partial charge in [-0.1, -0.05) is 83.9 Å². The molecule has 8 rings (SSSR count). The minimum Gasteiger partial charge on any atom is -0.478 e. The largest absolute Gasteiger partial charge is 0.478 e. The fourth-order valence-electron chi connectivity index (χ4n) is 6.99. The topological polar surface area (TPSA) is 138 Å². The van der Waals surface area contributed by atoms with Crippen molar-refractivity contribution in [2.24, 2.45) is 0 Å². The molecule has 2 aliphatic heterocycles. The molecule has 0 aliphatic carbocycles. The smallest absolute Gasteiger partial charge is 0.338 e. The fourth-order valence-corrected chi connectivity index (χ4v) is 7.33. The highest BCUT2D eigenvalue weighted by Crippen LogP contribution is 2.32. The molecule has 0 saturated carbocycles. The van der Waals surface area contributed by atoms with Crippen molar-refractivity contribution >= 4 is 70.1 Å². The molecule has 10 nitrogen and oxygen atoms in total. The Kier molecular flexibility index (Phi) is 11.5. The normalized spacial score (nSPS) is 13.2. The first-order valence-corrected chi connectivity index (χ1v) is 19.5. The Morgan fingerprint density at radius 3 is 1.35 bits per heavy atom. The van der Waals surface area contributed by atoms with E-state index in [2.05, 4.69) is 0 Å². The standard InChI is InChI=1S/C26H22ClNO4.C22H14ClNO4/c1-26(2,3)32-25(31)21-15-18(27)11-10-17(21)13-16-9-12-20-22(14-16)24(30)28(23(20)29)19-7-5-4-6-8-19;23-15-8-7-14(18(12-15)22(27)28)10-13-6-9-17-19(11-13)21(26)24(20(17)25)16-4-2-1-3-5-16/h4-12,14-15H,13H2,1-3H3;1-9,11-12H,10H2,(H,27,28). The third-order valence-corrected chi connectivity index (χ3v) is 10.2. The predicted octanol–water partition coefficient (Wildman–Crippen LogP) is 10.1. The Morgan fingerprint density at radius 2 is 0.933 bits per heavy atom. The van der Waals surface area contributed by atoms with Gasteiger partial charge in [0.25, 0.3) is 23.6 Å². The maximum atomic E-state index is 13.0. The Labute approximate surface area is 355 Å². The summed E-state index contributed by atoms with van der Waals surface area (Å²) in [6.07, 6.45) is 0.685. The van der Waals surface area contributed by atoms with Gasteiger partial charge in [-0.05, 0) is 129 Å². The lowest BCUT2D eigenvalue weighted by Crippen LogP contribution is -2.29. The fraction of sp³-hybridized carbons (Fsp3) is 0.125. The van der Waals surface area contributed by atoms with Crippen LogP contribution in [0.3, 0.4) is 0 Å². The van der Waals surface area contributed by atoms with Crippen LogP contribution in [0.5, 0.6) is 0 Å². The summed E-state index contributed by atoms with van der Waals surface area (Å²) in [6, 6.07) is 37.5. The van der Waals surface area contributed by atoms with Crippen LogP contribution in [-0.2, 0) is 17.6 Å². The SMILES string of the molecule is CC(C)(C)OC(=O)c1cc(Cl)ccc1Cc1ccc2c(c1)C(=O)N(c1ccccc1)C2=O.O=C(O)c1cc(Cl)ccc1Cc1ccc2c(c1)C(=O)N(c1ccccc1)C2=O. The first-order valence-electron chi connectivity index (χ1n) is 18.8. The van der Waals surface area contributed by atoms with Gasteiger partial charge in [0.05, 0.1) is 44.8 Å². The number of fused-ring (bicyclic) bond motifs is 2. The van der Waals surface area contributed by atoms with Crippen LogP contribution in [0.15, 0.2) is 133 Å². The molecule has 0 saturated heterocycles. The van der Waals surface area contributed by atoms with Crippen LogP contribution in [0.2, 0.25) is 10.0 Å². The number of anilines is 2. The lowest BCUT2D eigenvalue weighted by molar-refractivity contribution is 0.00678. The molecule has 12 heteroatoms. The summed E-state index contributed by atoms with van der Waals surface area (Å²) in [7, 11) is 0. The van der Waals surface area contributed by atoms with Gasteiger partial charge in [0.2, 0.25) is 0 Å². The van der Waals surface area contributed by atoms with E-state index in [-0.39, 0.29) is 29.2 Å². The van der Waals surface area contributed by atoms with Gasteiger partial charge in [0.1, 0.15) is 5.60 Å². The van der Waals surface area contributed by atoms with E-state index in [1.807, 2.05) is 12.1 Å². The van der Waals surface area contributed by atoms with E-state index in [1.165, 1.54) is 11.0 Å². The molecule has 4 amide bonds. The highest BCUT2D eigenvalue weighted by atomic mass is 35.5. The van der Waals surface area contributed by atoms with E-state index in [4.69, 9.17) is 27.9 Å². The second kappa shape index (κ2) is 16.8. The maximum Gasteiger partial charge on any atom is 0.338 e. The van der Waals surface area contributed by atoms with E-state index in [0.717, 1.165) is 21.6 Å². The molecule has 300 valence electrons. The molecule has 0 bridgehead atoms. The van der Waals surface area contributed by atoms with Crippen molar-refractivity contribution < 1.29 is 38.6 Å². The Bertz CT molecular complexity index is 2730. The van der Waals surface area contributed by atoms with Crippen molar-refractivity contribution in [3.05, 3.63) is 199 Å². The van der Waals surface area contributed by atoms with Crippen molar-refractivity contribution in [1.29, 1.82) is 0 Å². The average molecular weight is 840 g/mol. The zero-order chi connectivity index (χ0) is 42.9. The summed E-state index contributed by atoms with van der Waals surface area (Å²) in [5.41, 5.74) is 5.10. The molecule has 0 radical (unpaired) electrons. The number of carboxylic acids is 1. The highest BCUT2D eigenvalue weighted by molar-refractivity contribution is 6.35. The van der Waals surface area contributed by atoms with Crippen molar-refractivity contribution in [1.82, 2.24) is 0 Å². The molecule has 6 aromatic rings. The summed E-state index contributed by atoms with van der Waals surface area (Å²) in [5, 5.41) is 10.2. The number of halogens is 2. The molecule has 6 aromatic carbocycles. The monoisotopic (exact) mass is 838 g/mol. The number of carbonyl (C=O) groups is 6. The molecule has 2 aliphatic rings. The maximum absolute atomic E-state index is 13.0. The number of para-hydroxylation sites is 2. The Balaban J connectivity index is 0.000000183. The molecule has 1 N–H and O–H groups in total. The first-order chi connectivity index (χ1) is 28.6. The number of hydrogen-bond acceptors (Lipinski definition) is 7. The van der Waals surface area contributed by atoms with Crippen LogP contribution in [0.4, 0.5) is 11.4 Å². The van der Waals surface area contributed by atoms with Gasteiger partial charge in [-0.25, -0.2) is 19.4 Å². The molecule has 0 atom stereocenters. The van der Waals surface area contributed by atoms with Crippen LogP contribution in [-0.4, -0.2) is 46.3 Å². The van der Waals surface area contributed by atoms with Gasteiger partial charge in [0, 0.05) is 10.0 Å². The number of rotatable bonds is 8. The lowest BCUT2D eigenvalue weighted by atomic mass is 9.97. The van der Waals surface area contributed by atoms with E-state index >= 15 is 0 Å². The molecule has 60 heavy (non-hydrogen) atoms. The average Bonchev–Trinajstić information content (AvgIpc) is 3.62. The lowest BCUT2D eigenvalue weighted by Gasteiger charge is -2.20. The second-order valence-corrected chi connectivity index (χ2v) is 16.0. The molecule has 0 spiro atoms. The molecule has 0 unspecified atom stereocenters. The summed E-state index contributed by atoms with van der Waals surface area (Å²) in [5.74, 6) is -2.99. The molecular weight excluding hydrogens is 803 g/mol. The number of esters is 1. The highest BCUT2D eigenvalue weighted by Gasteiger charge is 2.38. The van der Waals surface area contributed by atoms with Gasteiger partial charge in [-0.15, -0.1) is 0 Å². The minimum atomic E-state index is -1.07. The summed E-state index contributed by atoms with van der Waals surface area (Å²) in [6.45, 7) is 5.41. The molecule has 2 heterocycles. The third kappa shape index (κ3) is 8.61. The third-order valence-electron chi connectivity index (χ3n) is 9.71. The summed E-state index contributed by atoms with van der Waals surface area (Å²) >= 11 is 12.0. The number of benzene rings is 6. The minimum absolute atomic E-state index is 0.112. The molecule has 0 aromatic heterocycles. The number of amides is 4. The van der Waals surface area contributed by atoms with E-state index < -0.39 is 17.5 Å². The van der Waals surface area contributed by atoms with E-state index in [0.29, 0.717) is 67.6 Å². The number of imide groups is 2. The Hall–Kier alpha value is -6.88. The van der Waals surface area contributed by atoms with Gasteiger partial charge in [0.15, 0.2) is 0 Å². The number of ether oxygens (including phenoxy) is 1. The molecule has 0 fully saturated rings. The predicted molar refractivity (Wildman–Crippen MR) is 229 cm³/mol. The quantitative estimate of drug-likeness (QED) is 0.118. The van der Waals surface area contributed by atoms with Gasteiger partial charge in [-0.2, -0.15) is 0 Å². The van der Waals surface area contributed by atoms with Crippen LogP contribution >= 0.6 is 23.2 Å². The van der Waals surface area contributed by atoms with Gasteiger partial charge in [-0.3, -0.25) is 19.2 Å². The number of nitrogens with zero attached hydrogens (tertiary/aromatic N) is 2. The van der Waals surface area contributed by atoms with Crippen molar-refractivity contribution in [3.63, 3.8) is 0 Å². The Morgan fingerprint density at radius 1 is 0.533 bits per heavy atom.